The molecule has 2 amide bonds. The summed E-state index contributed by atoms with van der Waals surface area (Å²) in [6.07, 6.45) is 4.06. The Kier molecular flexibility index (Phi) is 8.58. The van der Waals surface area contributed by atoms with Crippen LogP contribution in [0.1, 0.15) is 37.3 Å². The van der Waals surface area contributed by atoms with E-state index in [4.69, 9.17) is 4.74 Å². The fraction of sp³-hybridized carbons (Fsp3) is 0.600. The van der Waals surface area contributed by atoms with Crippen molar-refractivity contribution in [1.29, 1.82) is 0 Å². The van der Waals surface area contributed by atoms with Gasteiger partial charge in [0.25, 0.3) is 0 Å². The van der Waals surface area contributed by atoms with E-state index in [1.165, 1.54) is 6.42 Å². The Hall–Kier alpha value is -1.92. The van der Waals surface area contributed by atoms with Crippen LogP contribution in [0.4, 0.5) is 0 Å². The normalized spacial score (nSPS) is 15.7. The average Bonchev–Trinajstić information content (AvgIpc) is 2.67. The van der Waals surface area contributed by atoms with Crippen LogP contribution < -0.4 is 5.32 Å². The quantitative estimate of drug-likeness (QED) is 0.682. The van der Waals surface area contributed by atoms with Crippen molar-refractivity contribution in [2.45, 2.75) is 31.7 Å². The molecule has 1 aliphatic heterocycles. The van der Waals surface area contributed by atoms with Gasteiger partial charge in [0.05, 0.1) is 6.54 Å². The maximum atomic E-state index is 13.2. The van der Waals surface area contributed by atoms with Gasteiger partial charge in [-0.15, -0.1) is 0 Å². The molecule has 1 N–H and O–H groups in total. The summed E-state index contributed by atoms with van der Waals surface area (Å²) in [4.78, 5) is 29.2. The lowest BCUT2D eigenvalue weighted by atomic mass is 10.0. The SMILES string of the molecule is COCCCNC(=O)CN(C)C(C(=O)N1CCCCC1)c1ccccc1. The molecule has 1 saturated heterocycles. The van der Waals surface area contributed by atoms with Crippen LogP contribution in [0.2, 0.25) is 0 Å². The van der Waals surface area contributed by atoms with Crippen LogP contribution in [-0.2, 0) is 14.3 Å². The molecule has 1 aromatic carbocycles. The number of benzene rings is 1. The third kappa shape index (κ3) is 6.11. The summed E-state index contributed by atoms with van der Waals surface area (Å²) in [7, 11) is 3.49. The van der Waals surface area contributed by atoms with Crippen molar-refractivity contribution in [3.8, 4) is 0 Å². The molecule has 0 bridgehead atoms. The van der Waals surface area contributed by atoms with Gasteiger partial charge in [-0.1, -0.05) is 30.3 Å². The number of ether oxygens (including phenoxy) is 1. The van der Waals surface area contributed by atoms with Crippen molar-refractivity contribution in [3.05, 3.63) is 35.9 Å². The summed E-state index contributed by atoms with van der Waals surface area (Å²) in [6, 6.07) is 9.29. The molecule has 26 heavy (non-hydrogen) atoms. The van der Waals surface area contributed by atoms with Crippen molar-refractivity contribution in [3.63, 3.8) is 0 Å². The predicted octanol–water partition coefficient (Wildman–Crippen LogP) is 1.82. The highest BCUT2D eigenvalue weighted by Crippen LogP contribution is 2.23. The number of amides is 2. The standard InChI is InChI=1S/C20H31N3O3/c1-22(16-18(24)21-12-9-15-26-2)19(17-10-5-3-6-11-17)20(25)23-13-7-4-8-14-23/h3,5-6,10-11,19H,4,7-9,12-16H2,1-2H3,(H,21,24). The molecule has 0 radical (unpaired) electrons. The van der Waals surface area contributed by atoms with E-state index >= 15 is 0 Å². The van der Waals surface area contributed by atoms with Crippen molar-refractivity contribution in [2.75, 3.05) is 46.9 Å². The molecule has 0 aromatic heterocycles. The number of nitrogens with one attached hydrogen (secondary N) is 1. The van der Waals surface area contributed by atoms with Gasteiger partial charge in [-0.3, -0.25) is 14.5 Å². The van der Waals surface area contributed by atoms with E-state index in [1.807, 2.05) is 47.2 Å². The maximum absolute atomic E-state index is 13.2. The minimum Gasteiger partial charge on any atom is -0.385 e. The largest absolute Gasteiger partial charge is 0.385 e. The number of hydrogen-bond acceptors (Lipinski definition) is 4. The number of methoxy groups -OCH3 is 1. The lowest BCUT2D eigenvalue weighted by Gasteiger charge is -2.34. The highest BCUT2D eigenvalue weighted by Gasteiger charge is 2.30. The van der Waals surface area contributed by atoms with Crippen molar-refractivity contribution < 1.29 is 14.3 Å². The Morgan fingerprint density at radius 1 is 1.19 bits per heavy atom. The first-order chi connectivity index (χ1) is 12.6. The topological polar surface area (TPSA) is 61.9 Å². The van der Waals surface area contributed by atoms with Crippen LogP contribution >= 0.6 is 0 Å². The highest BCUT2D eigenvalue weighted by atomic mass is 16.5. The van der Waals surface area contributed by atoms with Crippen LogP contribution in [0.5, 0.6) is 0 Å². The second-order valence-corrected chi connectivity index (χ2v) is 6.81. The molecule has 1 unspecified atom stereocenters. The van der Waals surface area contributed by atoms with Crippen LogP contribution in [-0.4, -0.2) is 68.6 Å². The molecule has 1 fully saturated rings. The molecule has 1 aliphatic rings. The molecule has 6 nitrogen and oxygen atoms in total. The number of piperidine rings is 1. The molecule has 1 atom stereocenters. The van der Waals surface area contributed by atoms with Gasteiger partial charge in [-0.05, 0) is 38.3 Å². The Balaban J connectivity index is 2.03. The second kappa shape index (κ2) is 10.9. The van der Waals surface area contributed by atoms with Gasteiger partial charge in [0, 0.05) is 33.4 Å². The Morgan fingerprint density at radius 2 is 1.88 bits per heavy atom. The zero-order chi connectivity index (χ0) is 18.8. The molecule has 0 saturated carbocycles. The van der Waals surface area contributed by atoms with E-state index in [9.17, 15) is 9.59 Å². The Bertz CT molecular complexity index is 559. The van der Waals surface area contributed by atoms with Gasteiger partial charge in [0.1, 0.15) is 6.04 Å². The van der Waals surface area contributed by atoms with E-state index in [0.29, 0.717) is 13.2 Å². The lowest BCUT2D eigenvalue weighted by molar-refractivity contribution is -0.138. The first kappa shape index (κ1) is 20.4. The third-order valence-electron chi connectivity index (χ3n) is 4.70. The highest BCUT2D eigenvalue weighted by molar-refractivity contribution is 5.85. The number of nitrogens with zero attached hydrogens (tertiary/aromatic N) is 2. The van der Waals surface area contributed by atoms with Gasteiger partial charge in [0.2, 0.25) is 11.8 Å². The van der Waals surface area contributed by atoms with Crippen LogP contribution in [0.25, 0.3) is 0 Å². The molecule has 2 rings (SSSR count). The van der Waals surface area contributed by atoms with E-state index in [2.05, 4.69) is 5.32 Å². The van der Waals surface area contributed by atoms with Gasteiger partial charge < -0.3 is 15.0 Å². The first-order valence-electron chi connectivity index (χ1n) is 9.43. The monoisotopic (exact) mass is 361 g/mol. The molecule has 1 aromatic rings. The smallest absolute Gasteiger partial charge is 0.244 e. The molecule has 6 heteroatoms. The van der Waals surface area contributed by atoms with E-state index in [0.717, 1.165) is 37.9 Å². The Labute approximate surface area is 156 Å². The molecule has 0 spiro atoms. The lowest BCUT2D eigenvalue weighted by Crippen LogP contribution is -2.46. The Morgan fingerprint density at radius 3 is 2.54 bits per heavy atom. The third-order valence-corrected chi connectivity index (χ3v) is 4.70. The van der Waals surface area contributed by atoms with Gasteiger partial charge >= 0.3 is 0 Å². The minimum atomic E-state index is -0.431. The average molecular weight is 361 g/mol. The first-order valence-corrected chi connectivity index (χ1v) is 9.43. The van der Waals surface area contributed by atoms with E-state index in [-0.39, 0.29) is 18.4 Å². The molecular weight excluding hydrogens is 330 g/mol. The van der Waals surface area contributed by atoms with Crippen LogP contribution in [0, 0.1) is 0 Å². The number of carbonyl (C=O) groups is 2. The summed E-state index contributed by atoms with van der Waals surface area (Å²) in [6.45, 7) is 3.00. The predicted molar refractivity (Wildman–Crippen MR) is 102 cm³/mol. The summed E-state index contributed by atoms with van der Waals surface area (Å²) < 4.78 is 4.99. The molecular formula is C20H31N3O3. The number of rotatable bonds is 9. The van der Waals surface area contributed by atoms with Crippen LogP contribution in [0.3, 0.4) is 0 Å². The molecule has 144 valence electrons. The fourth-order valence-corrected chi connectivity index (χ4v) is 3.33. The summed E-state index contributed by atoms with van der Waals surface area (Å²) in [5.41, 5.74) is 0.928. The summed E-state index contributed by atoms with van der Waals surface area (Å²) >= 11 is 0. The summed E-state index contributed by atoms with van der Waals surface area (Å²) in [5.74, 6) is 0.0153. The second-order valence-electron chi connectivity index (χ2n) is 6.81. The van der Waals surface area contributed by atoms with Crippen molar-refractivity contribution >= 4 is 11.8 Å². The van der Waals surface area contributed by atoms with Crippen molar-refractivity contribution in [2.24, 2.45) is 0 Å². The van der Waals surface area contributed by atoms with E-state index < -0.39 is 6.04 Å². The minimum absolute atomic E-state index is 0.0732. The van der Waals surface area contributed by atoms with Gasteiger partial charge in [-0.2, -0.15) is 0 Å². The number of likely N-dealkylation sites (tertiary alicyclic amines) is 1. The maximum Gasteiger partial charge on any atom is 0.244 e. The van der Waals surface area contributed by atoms with Crippen LogP contribution in [0.15, 0.2) is 30.3 Å². The summed E-state index contributed by atoms with van der Waals surface area (Å²) in [5, 5.41) is 2.89. The van der Waals surface area contributed by atoms with Gasteiger partial charge in [-0.25, -0.2) is 0 Å². The van der Waals surface area contributed by atoms with Crippen molar-refractivity contribution in [1.82, 2.24) is 15.1 Å². The van der Waals surface area contributed by atoms with Gasteiger partial charge in [0.15, 0.2) is 0 Å². The number of carbonyl (C=O) groups excluding carboxylic acids is 2. The zero-order valence-corrected chi connectivity index (χ0v) is 15.9. The van der Waals surface area contributed by atoms with E-state index in [1.54, 1.807) is 7.11 Å². The number of hydrogen-bond donors (Lipinski definition) is 1. The molecule has 0 aliphatic carbocycles. The zero-order valence-electron chi connectivity index (χ0n) is 15.9. The molecule has 1 heterocycles. The fourth-order valence-electron chi connectivity index (χ4n) is 3.33. The number of likely N-dealkylation sites (N-methyl/N-ethyl adjacent to an activating group) is 1.